The van der Waals surface area contributed by atoms with Crippen molar-refractivity contribution in [2.24, 2.45) is 0 Å². The molecule has 1 N–H and O–H groups in total. The summed E-state index contributed by atoms with van der Waals surface area (Å²) in [5, 5.41) is 21.4. The number of carboxylic acids is 1. The fourth-order valence-electron chi connectivity index (χ4n) is 2.80. The second-order valence-corrected chi connectivity index (χ2v) is 7.68. The fourth-order valence-corrected chi connectivity index (χ4v) is 4.16. The van der Waals surface area contributed by atoms with E-state index in [-0.39, 0.29) is 27.1 Å². The van der Waals surface area contributed by atoms with E-state index in [1.807, 2.05) is 6.07 Å². The van der Waals surface area contributed by atoms with Crippen molar-refractivity contribution >= 4 is 46.3 Å². The van der Waals surface area contributed by atoms with E-state index in [0.717, 1.165) is 22.2 Å². The second-order valence-electron chi connectivity index (χ2n) is 6.01. The third kappa shape index (κ3) is 4.18. The molecule has 0 bridgehead atoms. The maximum absolute atomic E-state index is 12.9. The van der Waals surface area contributed by atoms with Gasteiger partial charge >= 0.3 is 0 Å². The van der Waals surface area contributed by atoms with Gasteiger partial charge < -0.3 is 19.7 Å². The smallest absolute Gasteiger partial charge is 0.266 e. The topological polar surface area (TPSA) is 89.9 Å². The van der Waals surface area contributed by atoms with E-state index in [1.165, 1.54) is 13.2 Å². The van der Waals surface area contributed by atoms with Crippen LogP contribution in [0.2, 0.25) is 0 Å². The number of aromatic hydroxyl groups is 1. The number of rotatable bonds is 6. The number of ether oxygens (including phenoxy) is 1. The highest BCUT2D eigenvalue weighted by Crippen LogP contribution is 2.36. The van der Waals surface area contributed by atoms with Crippen LogP contribution in [0.15, 0.2) is 53.4 Å². The number of phenolic OH excluding ortho intramolecular Hbond substituents is 1. The Morgan fingerprint density at radius 2 is 2.04 bits per heavy atom. The average Bonchev–Trinajstić information content (AvgIpc) is 2.95. The molecule has 0 radical (unpaired) electrons. The van der Waals surface area contributed by atoms with Gasteiger partial charge in [-0.2, -0.15) is 0 Å². The third-order valence-corrected chi connectivity index (χ3v) is 5.51. The molecule has 0 spiro atoms. The molecule has 144 valence electrons. The number of benzene rings is 2. The summed E-state index contributed by atoms with van der Waals surface area (Å²) in [5.41, 5.74) is 1.38. The monoisotopic (exact) mass is 414 g/mol. The van der Waals surface area contributed by atoms with Crippen LogP contribution in [0, 0.1) is 0 Å². The molecule has 1 aliphatic heterocycles. The standard InChI is InChI=1S/C20H17NO5S2/c1-26-16-10-13(7-8-15(16)22)11-17-18(23)21(20(27)28-17)14(19(24)25)9-12-5-3-2-4-6-12/h2-8,10-11,14,22H,9H2,1H3,(H,24,25)/p-1/b17-11-/t14-/m1/s1. The number of hydrogen-bond donors (Lipinski definition) is 1. The van der Waals surface area contributed by atoms with E-state index in [4.69, 9.17) is 17.0 Å². The summed E-state index contributed by atoms with van der Waals surface area (Å²) in [4.78, 5) is 26.0. The molecular formula is C20H16NO5S2-. The lowest BCUT2D eigenvalue weighted by atomic mass is 10.0. The molecule has 28 heavy (non-hydrogen) atoms. The van der Waals surface area contributed by atoms with Gasteiger partial charge in [-0.05, 0) is 35.8 Å². The van der Waals surface area contributed by atoms with Gasteiger partial charge in [-0.25, -0.2) is 0 Å². The zero-order valence-electron chi connectivity index (χ0n) is 14.8. The maximum Gasteiger partial charge on any atom is 0.266 e. The summed E-state index contributed by atoms with van der Waals surface area (Å²) in [6, 6.07) is 12.4. The Balaban J connectivity index is 1.88. The molecule has 1 amide bonds. The van der Waals surface area contributed by atoms with Crippen molar-refractivity contribution in [2.75, 3.05) is 7.11 Å². The van der Waals surface area contributed by atoms with Crippen LogP contribution in [0.3, 0.4) is 0 Å². The van der Waals surface area contributed by atoms with E-state index in [1.54, 1.807) is 42.5 Å². The van der Waals surface area contributed by atoms with Crippen LogP contribution in [0.4, 0.5) is 0 Å². The number of phenols is 1. The van der Waals surface area contributed by atoms with Crippen LogP contribution < -0.4 is 9.84 Å². The summed E-state index contributed by atoms with van der Waals surface area (Å²) >= 11 is 6.29. The molecule has 2 aromatic carbocycles. The fraction of sp³-hybridized carbons (Fsp3) is 0.150. The average molecular weight is 414 g/mol. The molecule has 1 fully saturated rings. The maximum atomic E-state index is 12.9. The number of amides is 1. The second kappa shape index (κ2) is 8.45. The van der Waals surface area contributed by atoms with Gasteiger partial charge in [-0.15, -0.1) is 0 Å². The summed E-state index contributed by atoms with van der Waals surface area (Å²) in [6.07, 6.45) is 1.67. The van der Waals surface area contributed by atoms with Crippen molar-refractivity contribution in [1.82, 2.24) is 4.90 Å². The predicted octanol–water partition coefficient (Wildman–Crippen LogP) is 1.96. The normalized spacial score (nSPS) is 16.5. The highest BCUT2D eigenvalue weighted by atomic mass is 32.2. The number of hydrogen-bond acceptors (Lipinski definition) is 7. The minimum atomic E-state index is -1.37. The molecule has 0 unspecified atom stereocenters. The van der Waals surface area contributed by atoms with Crippen molar-refractivity contribution < 1.29 is 24.5 Å². The third-order valence-electron chi connectivity index (χ3n) is 4.18. The minimum absolute atomic E-state index is 0.0212. The number of aliphatic carboxylic acids is 1. The van der Waals surface area contributed by atoms with Gasteiger partial charge in [0.2, 0.25) is 0 Å². The van der Waals surface area contributed by atoms with Gasteiger partial charge in [0.25, 0.3) is 5.91 Å². The molecular weight excluding hydrogens is 398 g/mol. The van der Waals surface area contributed by atoms with Crippen molar-refractivity contribution in [1.29, 1.82) is 0 Å². The van der Waals surface area contributed by atoms with E-state index in [9.17, 15) is 19.8 Å². The van der Waals surface area contributed by atoms with E-state index < -0.39 is 17.9 Å². The number of thioether (sulfide) groups is 1. The highest BCUT2D eigenvalue weighted by molar-refractivity contribution is 8.26. The van der Waals surface area contributed by atoms with Gasteiger partial charge in [0, 0.05) is 0 Å². The number of nitrogens with zero attached hydrogens (tertiary/aromatic N) is 1. The molecule has 1 saturated heterocycles. The predicted molar refractivity (Wildman–Crippen MR) is 109 cm³/mol. The van der Waals surface area contributed by atoms with Crippen molar-refractivity contribution in [3.8, 4) is 11.5 Å². The van der Waals surface area contributed by atoms with Crippen LogP contribution in [0.5, 0.6) is 11.5 Å². The Labute approximate surface area is 171 Å². The van der Waals surface area contributed by atoms with Gasteiger partial charge in [0.05, 0.1) is 24.0 Å². The number of carboxylic acid groups (broad SMARTS) is 1. The summed E-state index contributed by atoms with van der Waals surface area (Å²) in [6.45, 7) is 0. The highest BCUT2D eigenvalue weighted by Gasteiger charge is 2.37. The quantitative estimate of drug-likeness (QED) is 0.571. The van der Waals surface area contributed by atoms with Gasteiger partial charge in [0.1, 0.15) is 4.32 Å². The Hall–Kier alpha value is -2.84. The molecule has 1 aliphatic rings. The van der Waals surface area contributed by atoms with Gasteiger partial charge in [-0.3, -0.25) is 9.69 Å². The van der Waals surface area contributed by atoms with Crippen LogP contribution in [-0.4, -0.2) is 39.4 Å². The molecule has 3 rings (SSSR count). The number of thiocarbonyl (C=S) groups is 1. The van der Waals surface area contributed by atoms with Crippen LogP contribution in [0.1, 0.15) is 11.1 Å². The number of methoxy groups -OCH3 is 1. The van der Waals surface area contributed by atoms with Gasteiger partial charge in [0.15, 0.2) is 11.5 Å². The van der Waals surface area contributed by atoms with Crippen molar-refractivity contribution in [3.63, 3.8) is 0 Å². The largest absolute Gasteiger partial charge is 0.548 e. The zero-order chi connectivity index (χ0) is 20.3. The summed E-state index contributed by atoms with van der Waals surface area (Å²) in [7, 11) is 1.42. The van der Waals surface area contributed by atoms with Crippen molar-refractivity contribution in [3.05, 3.63) is 64.6 Å². The van der Waals surface area contributed by atoms with Crippen molar-refractivity contribution in [2.45, 2.75) is 12.5 Å². The number of carbonyl (C=O) groups is 2. The molecule has 6 nitrogen and oxygen atoms in total. The zero-order valence-corrected chi connectivity index (χ0v) is 16.5. The van der Waals surface area contributed by atoms with E-state index >= 15 is 0 Å². The van der Waals surface area contributed by atoms with Gasteiger partial charge in [-0.1, -0.05) is 60.4 Å². The first-order valence-corrected chi connectivity index (χ1v) is 9.52. The lowest BCUT2D eigenvalue weighted by Crippen LogP contribution is -2.51. The molecule has 0 saturated carbocycles. The molecule has 8 heteroatoms. The first kappa shape index (κ1) is 19.9. The number of carbonyl (C=O) groups excluding carboxylic acids is 2. The molecule has 2 aromatic rings. The Morgan fingerprint density at radius 1 is 1.32 bits per heavy atom. The lowest BCUT2D eigenvalue weighted by molar-refractivity contribution is -0.310. The molecule has 0 aromatic heterocycles. The SMILES string of the molecule is COc1cc(/C=C2\SC(=S)N([C@H](Cc3ccccc3)C(=O)[O-])C2=O)ccc1O. The van der Waals surface area contributed by atoms with Crippen LogP contribution >= 0.6 is 24.0 Å². The van der Waals surface area contributed by atoms with E-state index in [0.29, 0.717) is 5.56 Å². The molecule has 0 aliphatic carbocycles. The molecule has 1 atom stereocenters. The summed E-state index contributed by atoms with van der Waals surface area (Å²) < 4.78 is 5.22. The van der Waals surface area contributed by atoms with E-state index in [2.05, 4.69) is 0 Å². The first-order chi connectivity index (χ1) is 13.4. The minimum Gasteiger partial charge on any atom is -0.548 e. The molecule has 1 heterocycles. The Kier molecular flexibility index (Phi) is 6.01. The lowest BCUT2D eigenvalue weighted by Gasteiger charge is -2.27. The van der Waals surface area contributed by atoms with Crippen LogP contribution in [0.25, 0.3) is 6.08 Å². The van der Waals surface area contributed by atoms with Crippen LogP contribution in [-0.2, 0) is 16.0 Å². The first-order valence-electron chi connectivity index (χ1n) is 8.29. The Morgan fingerprint density at radius 3 is 2.68 bits per heavy atom. The summed E-state index contributed by atoms with van der Waals surface area (Å²) in [5.74, 6) is -1.62. The Bertz CT molecular complexity index is 958.